The van der Waals surface area contributed by atoms with Crippen LogP contribution in [0.5, 0.6) is 0 Å². The van der Waals surface area contributed by atoms with Crippen LogP contribution in [0.2, 0.25) is 0 Å². The first-order valence-electron chi connectivity index (χ1n) is 6.46. The van der Waals surface area contributed by atoms with Gasteiger partial charge in [-0.25, -0.2) is 9.97 Å². The molecule has 0 bridgehead atoms. The highest BCUT2D eigenvalue weighted by Gasteiger charge is 2.41. The van der Waals surface area contributed by atoms with E-state index in [9.17, 15) is 0 Å². The summed E-state index contributed by atoms with van der Waals surface area (Å²) in [5, 5.41) is 3.46. The van der Waals surface area contributed by atoms with Crippen molar-refractivity contribution in [3.8, 4) is 0 Å². The van der Waals surface area contributed by atoms with Gasteiger partial charge in [-0.1, -0.05) is 0 Å². The van der Waals surface area contributed by atoms with Gasteiger partial charge in [0.25, 0.3) is 0 Å². The van der Waals surface area contributed by atoms with E-state index in [1.54, 1.807) is 0 Å². The van der Waals surface area contributed by atoms with Gasteiger partial charge in [0.15, 0.2) is 0 Å². The lowest BCUT2D eigenvalue weighted by Gasteiger charge is -2.51. The Bertz CT molecular complexity index is 420. The van der Waals surface area contributed by atoms with Gasteiger partial charge in [-0.3, -0.25) is 0 Å². The molecule has 17 heavy (non-hydrogen) atoms. The van der Waals surface area contributed by atoms with Gasteiger partial charge < -0.3 is 10.2 Å². The summed E-state index contributed by atoms with van der Waals surface area (Å²) >= 11 is 0. The van der Waals surface area contributed by atoms with E-state index < -0.39 is 0 Å². The van der Waals surface area contributed by atoms with Gasteiger partial charge in [0, 0.05) is 30.5 Å². The fourth-order valence-corrected chi connectivity index (χ4v) is 2.84. The molecule has 1 aromatic rings. The van der Waals surface area contributed by atoms with E-state index in [0.717, 1.165) is 36.3 Å². The maximum atomic E-state index is 4.63. The average Bonchev–Trinajstić information content (AvgIpc) is 2.27. The number of aryl methyl sites for hydroxylation is 2. The lowest BCUT2D eigenvalue weighted by Crippen LogP contribution is -2.64. The maximum absolute atomic E-state index is 4.63. The Balaban J connectivity index is 1.86. The van der Waals surface area contributed by atoms with Crippen molar-refractivity contribution in [2.24, 2.45) is 5.92 Å². The van der Waals surface area contributed by atoms with Crippen molar-refractivity contribution in [2.75, 3.05) is 24.5 Å². The summed E-state index contributed by atoms with van der Waals surface area (Å²) in [5.41, 5.74) is 3.44. The monoisotopic (exact) mass is 232 g/mol. The summed E-state index contributed by atoms with van der Waals surface area (Å²) in [6.45, 7) is 9.62. The zero-order valence-corrected chi connectivity index (χ0v) is 10.8. The van der Waals surface area contributed by atoms with Crippen LogP contribution in [0.25, 0.3) is 0 Å². The van der Waals surface area contributed by atoms with E-state index in [2.05, 4.69) is 41.0 Å². The fraction of sp³-hybridized carbons (Fsp3) is 0.692. The number of aromatic nitrogens is 2. The number of hydrogen-bond donors (Lipinski definition) is 1. The van der Waals surface area contributed by atoms with Gasteiger partial charge in [-0.05, 0) is 45.2 Å². The van der Waals surface area contributed by atoms with E-state index in [-0.39, 0.29) is 0 Å². The van der Waals surface area contributed by atoms with E-state index in [1.807, 2.05) is 0 Å². The van der Waals surface area contributed by atoms with Crippen molar-refractivity contribution in [3.05, 3.63) is 17.0 Å². The molecule has 3 heterocycles. The van der Waals surface area contributed by atoms with Crippen LogP contribution in [0.15, 0.2) is 0 Å². The van der Waals surface area contributed by atoms with Gasteiger partial charge in [-0.2, -0.15) is 0 Å². The van der Waals surface area contributed by atoms with E-state index in [4.69, 9.17) is 0 Å². The number of fused-ring (bicyclic) bond motifs is 1. The zero-order chi connectivity index (χ0) is 12.0. The first kappa shape index (κ1) is 11.0. The van der Waals surface area contributed by atoms with Crippen LogP contribution >= 0.6 is 0 Å². The summed E-state index contributed by atoms with van der Waals surface area (Å²) in [6.07, 6.45) is 1.30. The first-order chi connectivity index (χ1) is 8.16. The molecular formula is C13H20N4. The second kappa shape index (κ2) is 3.95. The van der Waals surface area contributed by atoms with Crippen molar-refractivity contribution in [1.82, 2.24) is 15.3 Å². The fourth-order valence-electron chi connectivity index (χ4n) is 2.84. The molecule has 0 radical (unpaired) electrons. The molecule has 4 nitrogen and oxygen atoms in total. The Morgan fingerprint density at radius 3 is 2.53 bits per heavy atom. The number of anilines is 1. The minimum atomic E-state index is 0.616. The average molecular weight is 232 g/mol. The smallest absolute Gasteiger partial charge is 0.226 e. The van der Waals surface area contributed by atoms with E-state index >= 15 is 0 Å². The van der Waals surface area contributed by atoms with E-state index in [0.29, 0.717) is 6.04 Å². The predicted molar refractivity (Wildman–Crippen MR) is 68.4 cm³/mol. The number of rotatable bonds is 1. The van der Waals surface area contributed by atoms with Crippen molar-refractivity contribution in [1.29, 1.82) is 0 Å². The molecule has 0 aromatic carbocycles. The molecule has 2 atom stereocenters. The quantitative estimate of drug-likeness (QED) is 0.790. The van der Waals surface area contributed by atoms with Crippen LogP contribution in [-0.2, 0) is 0 Å². The second-order valence-corrected chi connectivity index (χ2v) is 5.29. The summed E-state index contributed by atoms with van der Waals surface area (Å²) in [6, 6.07) is 0.616. The molecule has 0 amide bonds. The molecule has 0 spiro atoms. The highest BCUT2D eigenvalue weighted by atomic mass is 15.3. The second-order valence-electron chi connectivity index (χ2n) is 5.29. The Labute approximate surface area is 102 Å². The van der Waals surface area contributed by atoms with Crippen molar-refractivity contribution in [2.45, 2.75) is 33.2 Å². The normalized spacial score (nSPS) is 27.6. The van der Waals surface area contributed by atoms with Gasteiger partial charge >= 0.3 is 0 Å². The summed E-state index contributed by atoms with van der Waals surface area (Å²) in [5.74, 6) is 1.78. The maximum Gasteiger partial charge on any atom is 0.226 e. The highest BCUT2D eigenvalue weighted by molar-refractivity contribution is 5.41. The van der Waals surface area contributed by atoms with Crippen LogP contribution in [0.4, 0.5) is 5.95 Å². The molecular weight excluding hydrogens is 212 g/mol. The third kappa shape index (κ3) is 1.71. The van der Waals surface area contributed by atoms with Gasteiger partial charge in [0.2, 0.25) is 5.95 Å². The number of nitrogens with one attached hydrogen (secondary N) is 1. The molecule has 1 aromatic heterocycles. The third-order valence-corrected chi connectivity index (χ3v) is 4.30. The topological polar surface area (TPSA) is 41.1 Å². The van der Waals surface area contributed by atoms with E-state index in [1.165, 1.54) is 18.5 Å². The number of nitrogens with zero attached hydrogens (tertiary/aromatic N) is 3. The third-order valence-electron chi connectivity index (χ3n) is 4.30. The molecule has 4 heteroatoms. The molecule has 2 saturated heterocycles. The Morgan fingerprint density at radius 1 is 1.18 bits per heavy atom. The highest BCUT2D eigenvalue weighted by Crippen LogP contribution is 2.32. The molecule has 2 aliphatic rings. The number of hydrogen-bond acceptors (Lipinski definition) is 4. The van der Waals surface area contributed by atoms with Crippen molar-refractivity contribution in [3.63, 3.8) is 0 Å². The van der Waals surface area contributed by atoms with Crippen LogP contribution in [-0.4, -0.2) is 35.6 Å². The molecule has 0 saturated carbocycles. The Hall–Kier alpha value is -1.16. The van der Waals surface area contributed by atoms with Crippen molar-refractivity contribution < 1.29 is 0 Å². The van der Waals surface area contributed by atoms with Crippen LogP contribution < -0.4 is 10.2 Å². The zero-order valence-electron chi connectivity index (χ0n) is 10.8. The summed E-state index contributed by atoms with van der Waals surface area (Å²) < 4.78 is 0. The first-order valence-corrected chi connectivity index (χ1v) is 6.46. The molecule has 92 valence electrons. The Morgan fingerprint density at radius 2 is 1.88 bits per heavy atom. The molecule has 3 rings (SSSR count). The van der Waals surface area contributed by atoms with Gasteiger partial charge in [0.05, 0.1) is 0 Å². The lowest BCUT2D eigenvalue weighted by molar-refractivity contribution is 0.225. The lowest BCUT2D eigenvalue weighted by atomic mass is 9.83. The SMILES string of the molecule is Cc1nc(N2C[C@@H]3CCNC[C@@H]32)nc(C)c1C. The predicted octanol–water partition coefficient (Wildman–Crippen LogP) is 1.20. The minimum Gasteiger partial charge on any atom is -0.336 e. The van der Waals surface area contributed by atoms with Crippen LogP contribution in [0.3, 0.4) is 0 Å². The largest absolute Gasteiger partial charge is 0.336 e. The molecule has 1 N–H and O–H groups in total. The number of piperidine rings is 1. The van der Waals surface area contributed by atoms with Gasteiger partial charge in [0.1, 0.15) is 0 Å². The van der Waals surface area contributed by atoms with Crippen LogP contribution in [0.1, 0.15) is 23.4 Å². The van der Waals surface area contributed by atoms with Gasteiger partial charge in [-0.15, -0.1) is 0 Å². The molecule has 2 fully saturated rings. The molecule has 2 aliphatic heterocycles. The van der Waals surface area contributed by atoms with Crippen LogP contribution in [0, 0.1) is 26.7 Å². The molecule has 0 unspecified atom stereocenters. The summed E-state index contributed by atoms with van der Waals surface area (Å²) in [7, 11) is 0. The Kier molecular flexibility index (Phi) is 2.54. The van der Waals surface area contributed by atoms with Crippen molar-refractivity contribution >= 4 is 5.95 Å². The summed E-state index contributed by atoms with van der Waals surface area (Å²) in [4.78, 5) is 11.6. The standard InChI is InChI=1S/C13H20N4/c1-8-9(2)15-13(16-10(8)3)17-7-11-4-5-14-6-12(11)17/h11-12,14H,4-7H2,1-3H3/t11-,12-/m0/s1. The minimum absolute atomic E-state index is 0.616. The molecule has 0 aliphatic carbocycles.